The lowest BCUT2D eigenvalue weighted by atomic mass is 9.86. The van der Waals surface area contributed by atoms with E-state index >= 15 is 0 Å². The number of carbonyl (C=O) groups is 2. The van der Waals surface area contributed by atoms with E-state index in [1.165, 1.54) is 44.4 Å². The van der Waals surface area contributed by atoms with Crippen molar-refractivity contribution in [2.75, 3.05) is 26.2 Å². The third kappa shape index (κ3) is 3.86. The molecule has 2 heterocycles. The third-order valence-corrected chi connectivity index (χ3v) is 5.10. The molecule has 1 saturated carbocycles. The smallest absolute Gasteiger partial charge is 0.276 e. The van der Waals surface area contributed by atoms with Gasteiger partial charge in [-0.1, -0.05) is 19.3 Å². The number of aromatic hydroxyl groups is 1. The van der Waals surface area contributed by atoms with Crippen molar-refractivity contribution in [3.63, 3.8) is 0 Å². The lowest BCUT2D eigenvalue weighted by Crippen LogP contribution is -2.51. The maximum absolute atomic E-state index is 12.4. The van der Waals surface area contributed by atoms with Crippen LogP contribution in [0.2, 0.25) is 0 Å². The van der Waals surface area contributed by atoms with Crippen LogP contribution in [0.3, 0.4) is 0 Å². The Hall–Kier alpha value is -2.11. The number of hydrogen-bond donors (Lipinski definition) is 1. The van der Waals surface area contributed by atoms with Crippen LogP contribution in [-0.4, -0.2) is 57.9 Å². The van der Waals surface area contributed by atoms with Crippen LogP contribution in [-0.2, 0) is 4.79 Å². The first-order valence-corrected chi connectivity index (χ1v) is 8.86. The van der Waals surface area contributed by atoms with Gasteiger partial charge in [-0.2, -0.15) is 0 Å². The molecule has 0 aromatic carbocycles. The van der Waals surface area contributed by atoms with Crippen LogP contribution in [0.25, 0.3) is 0 Å². The lowest BCUT2D eigenvalue weighted by Gasteiger charge is -2.35. The minimum Gasteiger partial charge on any atom is -0.505 e. The maximum Gasteiger partial charge on any atom is 0.276 e. The van der Waals surface area contributed by atoms with Crippen LogP contribution in [0.4, 0.5) is 0 Å². The fourth-order valence-corrected chi connectivity index (χ4v) is 3.64. The normalized spacial score (nSPS) is 19.3. The van der Waals surface area contributed by atoms with Gasteiger partial charge in [-0.15, -0.1) is 0 Å². The van der Waals surface area contributed by atoms with E-state index in [-0.39, 0.29) is 23.3 Å². The SMILES string of the molecule is O=C(CC1CCCCC1)N1CCN(C(=O)c2ncccc2O)CC1. The molecule has 0 atom stereocenters. The highest BCUT2D eigenvalue weighted by molar-refractivity contribution is 5.95. The summed E-state index contributed by atoms with van der Waals surface area (Å²) in [6.07, 6.45) is 8.27. The molecule has 1 aliphatic heterocycles. The molecule has 1 aliphatic carbocycles. The fraction of sp³-hybridized carbons (Fsp3) is 0.611. The minimum absolute atomic E-state index is 0.0829. The molecule has 2 aliphatic rings. The van der Waals surface area contributed by atoms with Gasteiger partial charge in [0.1, 0.15) is 5.75 Å². The van der Waals surface area contributed by atoms with E-state index in [4.69, 9.17) is 0 Å². The van der Waals surface area contributed by atoms with Gasteiger partial charge in [0.15, 0.2) is 5.69 Å². The molecular formula is C18H25N3O3. The Kier molecular flexibility index (Phi) is 5.33. The van der Waals surface area contributed by atoms with Crippen molar-refractivity contribution in [3.8, 4) is 5.75 Å². The zero-order chi connectivity index (χ0) is 16.9. The molecule has 1 aromatic heterocycles. The number of hydrogen-bond acceptors (Lipinski definition) is 4. The first-order valence-electron chi connectivity index (χ1n) is 8.86. The molecule has 0 spiro atoms. The van der Waals surface area contributed by atoms with Crippen molar-refractivity contribution in [2.24, 2.45) is 5.92 Å². The van der Waals surface area contributed by atoms with Gasteiger partial charge in [0.05, 0.1) is 0 Å². The predicted molar refractivity (Wildman–Crippen MR) is 89.6 cm³/mol. The van der Waals surface area contributed by atoms with Crippen molar-refractivity contribution in [2.45, 2.75) is 38.5 Å². The van der Waals surface area contributed by atoms with Gasteiger partial charge in [-0.05, 0) is 30.9 Å². The number of nitrogens with zero attached hydrogens (tertiary/aromatic N) is 3. The number of carbonyl (C=O) groups excluding carboxylic acids is 2. The molecule has 3 rings (SSSR count). The number of piperazine rings is 1. The van der Waals surface area contributed by atoms with Crippen LogP contribution < -0.4 is 0 Å². The molecule has 130 valence electrons. The Labute approximate surface area is 142 Å². The van der Waals surface area contributed by atoms with E-state index in [1.54, 1.807) is 11.0 Å². The van der Waals surface area contributed by atoms with E-state index in [9.17, 15) is 14.7 Å². The van der Waals surface area contributed by atoms with Crippen LogP contribution in [0.15, 0.2) is 18.3 Å². The van der Waals surface area contributed by atoms with E-state index in [1.807, 2.05) is 4.90 Å². The fourth-order valence-electron chi connectivity index (χ4n) is 3.64. The molecule has 6 nitrogen and oxygen atoms in total. The Balaban J connectivity index is 1.51. The largest absolute Gasteiger partial charge is 0.505 e. The van der Waals surface area contributed by atoms with Gasteiger partial charge in [0.25, 0.3) is 5.91 Å². The second-order valence-corrected chi connectivity index (χ2v) is 6.75. The zero-order valence-corrected chi connectivity index (χ0v) is 14.0. The summed E-state index contributed by atoms with van der Waals surface area (Å²) in [5, 5.41) is 9.76. The van der Waals surface area contributed by atoms with Gasteiger partial charge < -0.3 is 14.9 Å². The maximum atomic E-state index is 12.4. The lowest BCUT2D eigenvalue weighted by molar-refractivity contribution is -0.133. The predicted octanol–water partition coefficient (Wildman–Crippen LogP) is 2.04. The van der Waals surface area contributed by atoms with Crippen molar-refractivity contribution in [3.05, 3.63) is 24.0 Å². The van der Waals surface area contributed by atoms with Crippen LogP contribution in [0.5, 0.6) is 5.75 Å². The van der Waals surface area contributed by atoms with Crippen LogP contribution >= 0.6 is 0 Å². The molecule has 1 saturated heterocycles. The Morgan fingerprint density at radius 1 is 1.08 bits per heavy atom. The van der Waals surface area contributed by atoms with Crippen LogP contribution in [0.1, 0.15) is 49.0 Å². The first-order chi connectivity index (χ1) is 11.6. The zero-order valence-electron chi connectivity index (χ0n) is 14.0. The van der Waals surface area contributed by atoms with Gasteiger partial charge >= 0.3 is 0 Å². The molecule has 2 fully saturated rings. The highest BCUT2D eigenvalue weighted by Crippen LogP contribution is 2.27. The molecule has 1 aromatic rings. The summed E-state index contributed by atoms with van der Waals surface area (Å²) in [6.45, 7) is 2.10. The second kappa shape index (κ2) is 7.64. The quantitative estimate of drug-likeness (QED) is 0.920. The minimum atomic E-state index is -0.271. The standard InChI is InChI=1S/C18H25N3O3/c22-15-7-4-8-19-17(15)18(24)21-11-9-20(10-12-21)16(23)13-14-5-2-1-3-6-14/h4,7-8,14,22H,1-3,5-6,9-13H2. The number of amides is 2. The molecule has 6 heteroatoms. The molecule has 1 N–H and O–H groups in total. The van der Waals surface area contributed by atoms with E-state index < -0.39 is 0 Å². The van der Waals surface area contributed by atoms with E-state index in [0.717, 1.165) is 0 Å². The summed E-state index contributed by atoms with van der Waals surface area (Å²) in [4.78, 5) is 32.3. The van der Waals surface area contributed by atoms with Gasteiger partial charge in [-0.25, -0.2) is 4.98 Å². The van der Waals surface area contributed by atoms with Gasteiger partial charge in [0, 0.05) is 38.8 Å². The monoisotopic (exact) mass is 331 g/mol. The number of rotatable bonds is 3. The highest BCUT2D eigenvalue weighted by atomic mass is 16.3. The summed E-state index contributed by atoms with van der Waals surface area (Å²) >= 11 is 0. The molecule has 0 radical (unpaired) electrons. The van der Waals surface area contributed by atoms with Crippen molar-refractivity contribution in [1.29, 1.82) is 0 Å². The third-order valence-electron chi connectivity index (χ3n) is 5.10. The van der Waals surface area contributed by atoms with Gasteiger partial charge in [-0.3, -0.25) is 9.59 Å². The molecule has 0 bridgehead atoms. The summed E-state index contributed by atoms with van der Waals surface area (Å²) in [6, 6.07) is 3.05. The average molecular weight is 331 g/mol. The molecule has 2 amide bonds. The topological polar surface area (TPSA) is 73.7 Å². The van der Waals surface area contributed by atoms with Crippen molar-refractivity contribution < 1.29 is 14.7 Å². The molecule has 24 heavy (non-hydrogen) atoms. The molecule has 0 unspecified atom stereocenters. The summed E-state index contributed by atoms with van der Waals surface area (Å²) in [5.41, 5.74) is 0.0829. The first kappa shape index (κ1) is 16.7. The second-order valence-electron chi connectivity index (χ2n) is 6.75. The van der Waals surface area contributed by atoms with Crippen molar-refractivity contribution >= 4 is 11.8 Å². The van der Waals surface area contributed by atoms with E-state index in [0.29, 0.717) is 38.5 Å². The summed E-state index contributed by atoms with van der Waals surface area (Å²) in [5.74, 6) is 0.386. The molecular weight excluding hydrogens is 306 g/mol. The Bertz CT molecular complexity index is 591. The summed E-state index contributed by atoms with van der Waals surface area (Å²) in [7, 11) is 0. The number of pyridine rings is 1. The number of aromatic nitrogens is 1. The van der Waals surface area contributed by atoms with Crippen LogP contribution in [0, 0.1) is 5.92 Å². The van der Waals surface area contributed by atoms with Crippen molar-refractivity contribution in [1.82, 2.24) is 14.8 Å². The summed E-state index contributed by atoms with van der Waals surface area (Å²) < 4.78 is 0. The van der Waals surface area contributed by atoms with E-state index in [2.05, 4.69) is 4.98 Å². The Morgan fingerprint density at radius 3 is 2.42 bits per heavy atom. The Morgan fingerprint density at radius 2 is 1.75 bits per heavy atom. The highest BCUT2D eigenvalue weighted by Gasteiger charge is 2.28. The van der Waals surface area contributed by atoms with Gasteiger partial charge in [0.2, 0.25) is 5.91 Å². The average Bonchev–Trinajstić information content (AvgIpc) is 2.62.